The third-order valence-electron chi connectivity index (χ3n) is 5.34. The van der Waals surface area contributed by atoms with Crippen molar-refractivity contribution < 1.29 is 19.4 Å². The van der Waals surface area contributed by atoms with Crippen molar-refractivity contribution in [3.8, 4) is 11.6 Å². The van der Waals surface area contributed by atoms with E-state index in [1.54, 1.807) is 24.4 Å². The van der Waals surface area contributed by atoms with Crippen molar-refractivity contribution in [2.75, 3.05) is 26.3 Å². The molecule has 3 heterocycles. The molecule has 2 bridgehead atoms. The standard InChI is InChI=1S/C22H23Cl2N3O4/c1-12-6-16(23)21(17(24)7-12)31-5-4-30-19-3-2-13(9-26-19)15-8-14-10-25-11-18(27-14)20(15)22(28)29/h2-3,6-7,9,14,18,25,27H,4-5,8,10-11H2,1H3,(H,28,29)/t14-,18-/m0/s1. The van der Waals surface area contributed by atoms with Gasteiger partial charge >= 0.3 is 5.97 Å². The van der Waals surface area contributed by atoms with E-state index in [-0.39, 0.29) is 25.3 Å². The van der Waals surface area contributed by atoms with E-state index in [2.05, 4.69) is 15.6 Å². The fourth-order valence-corrected chi connectivity index (χ4v) is 4.70. The summed E-state index contributed by atoms with van der Waals surface area (Å²) in [5.74, 6) is -0.0396. The molecule has 31 heavy (non-hydrogen) atoms. The lowest BCUT2D eigenvalue weighted by atomic mass is 9.85. The van der Waals surface area contributed by atoms with Crippen LogP contribution in [-0.2, 0) is 4.79 Å². The van der Waals surface area contributed by atoms with Crippen LogP contribution in [0.25, 0.3) is 5.57 Å². The molecule has 2 aliphatic rings. The molecular formula is C22H23Cl2N3O4. The second kappa shape index (κ2) is 9.44. The number of carboxylic acids is 1. The minimum Gasteiger partial charge on any atom is -0.487 e. The number of hydrogen-bond donors (Lipinski definition) is 3. The lowest BCUT2D eigenvalue weighted by Crippen LogP contribution is -2.58. The van der Waals surface area contributed by atoms with Crippen LogP contribution in [0.2, 0.25) is 10.0 Å². The third-order valence-corrected chi connectivity index (χ3v) is 5.90. The number of ether oxygens (including phenoxy) is 2. The zero-order chi connectivity index (χ0) is 22.0. The van der Waals surface area contributed by atoms with Crippen LogP contribution in [-0.4, -0.2) is 54.4 Å². The van der Waals surface area contributed by atoms with Gasteiger partial charge in [0.25, 0.3) is 0 Å². The summed E-state index contributed by atoms with van der Waals surface area (Å²) >= 11 is 12.3. The highest BCUT2D eigenvalue weighted by Gasteiger charge is 2.35. The van der Waals surface area contributed by atoms with Gasteiger partial charge in [-0.15, -0.1) is 0 Å². The number of carboxylic acid groups (broad SMARTS) is 1. The minimum atomic E-state index is -0.902. The van der Waals surface area contributed by atoms with Gasteiger partial charge in [-0.2, -0.15) is 0 Å². The molecule has 0 radical (unpaired) electrons. The Balaban J connectivity index is 1.39. The van der Waals surface area contributed by atoms with Gasteiger partial charge in [-0.05, 0) is 48.2 Å². The van der Waals surface area contributed by atoms with Crippen molar-refractivity contribution in [3.63, 3.8) is 0 Å². The van der Waals surface area contributed by atoms with E-state index in [1.807, 2.05) is 13.0 Å². The Morgan fingerprint density at radius 3 is 2.61 bits per heavy atom. The molecule has 0 amide bonds. The monoisotopic (exact) mass is 463 g/mol. The summed E-state index contributed by atoms with van der Waals surface area (Å²) in [6, 6.07) is 7.18. The number of benzene rings is 1. The highest BCUT2D eigenvalue weighted by Crippen LogP contribution is 2.34. The number of piperazine rings is 1. The molecule has 0 unspecified atom stereocenters. The van der Waals surface area contributed by atoms with E-state index in [0.717, 1.165) is 23.2 Å². The number of hydrogen-bond acceptors (Lipinski definition) is 6. The number of nitrogens with zero attached hydrogens (tertiary/aromatic N) is 1. The molecule has 2 atom stereocenters. The molecule has 164 valence electrons. The maximum Gasteiger partial charge on any atom is 0.333 e. The van der Waals surface area contributed by atoms with Gasteiger partial charge in [0.05, 0.1) is 21.7 Å². The summed E-state index contributed by atoms with van der Waals surface area (Å²) in [6.07, 6.45) is 2.30. The van der Waals surface area contributed by atoms with E-state index in [4.69, 9.17) is 32.7 Å². The van der Waals surface area contributed by atoms with Crippen molar-refractivity contribution in [1.29, 1.82) is 0 Å². The van der Waals surface area contributed by atoms with Crippen molar-refractivity contribution in [2.45, 2.75) is 25.4 Å². The topological polar surface area (TPSA) is 92.7 Å². The Hall–Kier alpha value is -2.32. The molecule has 2 aliphatic heterocycles. The zero-order valence-electron chi connectivity index (χ0n) is 17.0. The van der Waals surface area contributed by atoms with Gasteiger partial charge in [0.2, 0.25) is 5.88 Å². The number of aliphatic carboxylic acids is 1. The number of fused-ring (bicyclic) bond motifs is 2. The Morgan fingerprint density at radius 1 is 1.19 bits per heavy atom. The second-order valence-corrected chi connectivity index (χ2v) is 8.43. The predicted molar refractivity (Wildman–Crippen MR) is 119 cm³/mol. The summed E-state index contributed by atoms with van der Waals surface area (Å²) in [5.41, 5.74) is 2.99. The average Bonchev–Trinajstić information content (AvgIpc) is 2.72. The number of halogens is 2. The van der Waals surface area contributed by atoms with Gasteiger partial charge in [-0.25, -0.2) is 9.78 Å². The first-order valence-corrected chi connectivity index (χ1v) is 10.8. The van der Waals surface area contributed by atoms with E-state index < -0.39 is 5.97 Å². The van der Waals surface area contributed by atoms with Crippen LogP contribution in [0.5, 0.6) is 11.6 Å². The smallest absolute Gasteiger partial charge is 0.333 e. The third kappa shape index (κ3) is 4.96. The van der Waals surface area contributed by atoms with E-state index in [9.17, 15) is 9.90 Å². The van der Waals surface area contributed by atoms with Crippen molar-refractivity contribution in [3.05, 3.63) is 57.2 Å². The maximum atomic E-state index is 11.9. The molecule has 7 nitrogen and oxygen atoms in total. The molecule has 0 spiro atoms. The van der Waals surface area contributed by atoms with Gasteiger partial charge < -0.3 is 25.2 Å². The Kier molecular flexibility index (Phi) is 6.67. The summed E-state index contributed by atoms with van der Waals surface area (Å²) in [4.78, 5) is 16.2. The lowest BCUT2D eigenvalue weighted by molar-refractivity contribution is -0.133. The quantitative estimate of drug-likeness (QED) is 0.542. The first-order chi connectivity index (χ1) is 14.9. The van der Waals surface area contributed by atoms with Crippen LogP contribution in [0.15, 0.2) is 36.0 Å². The first-order valence-electron chi connectivity index (χ1n) is 10.0. The summed E-state index contributed by atoms with van der Waals surface area (Å²) in [5, 5.41) is 17.3. The number of aromatic nitrogens is 1. The average molecular weight is 464 g/mol. The van der Waals surface area contributed by atoms with Gasteiger partial charge in [-0.3, -0.25) is 0 Å². The second-order valence-electron chi connectivity index (χ2n) is 7.62. The highest BCUT2D eigenvalue weighted by molar-refractivity contribution is 6.37. The van der Waals surface area contributed by atoms with Gasteiger partial charge in [0.1, 0.15) is 13.2 Å². The van der Waals surface area contributed by atoms with Crippen LogP contribution in [0.3, 0.4) is 0 Å². The fraction of sp³-hybridized carbons (Fsp3) is 0.364. The van der Waals surface area contributed by atoms with Gasteiger partial charge in [0, 0.05) is 31.4 Å². The SMILES string of the molecule is Cc1cc(Cl)c(OCCOc2ccc(C3=C(C(=O)O)[C@@H]4CNC[C@H](C3)N4)cn2)c(Cl)c1. The molecule has 1 aromatic heterocycles. The Morgan fingerprint density at radius 2 is 1.94 bits per heavy atom. The largest absolute Gasteiger partial charge is 0.487 e. The summed E-state index contributed by atoms with van der Waals surface area (Å²) in [7, 11) is 0. The fourth-order valence-electron chi connectivity index (χ4n) is 4.00. The van der Waals surface area contributed by atoms with Crippen LogP contribution >= 0.6 is 23.2 Å². The number of pyridine rings is 1. The van der Waals surface area contributed by atoms with E-state index in [1.165, 1.54) is 0 Å². The minimum absolute atomic E-state index is 0.200. The maximum absolute atomic E-state index is 11.9. The van der Waals surface area contributed by atoms with E-state index >= 15 is 0 Å². The molecule has 2 aromatic rings. The lowest BCUT2D eigenvalue weighted by Gasteiger charge is -2.38. The molecule has 1 aromatic carbocycles. The first kappa shape index (κ1) is 21.9. The summed E-state index contributed by atoms with van der Waals surface area (Å²) in [6.45, 7) is 3.84. The van der Waals surface area contributed by atoms with Crippen LogP contribution in [0.1, 0.15) is 17.5 Å². The van der Waals surface area contributed by atoms with E-state index in [0.29, 0.717) is 40.2 Å². The number of rotatable bonds is 7. The number of nitrogens with one attached hydrogen (secondary N) is 2. The highest BCUT2D eigenvalue weighted by atomic mass is 35.5. The predicted octanol–water partition coefficient (Wildman–Crippen LogP) is 3.33. The van der Waals surface area contributed by atoms with Gasteiger partial charge in [0.15, 0.2) is 5.75 Å². The number of aryl methyl sites for hydroxylation is 1. The normalized spacial score (nSPS) is 20.5. The van der Waals surface area contributed by atoms with Crippen LogP contribution in [0, 0.1) is 6.92 Å². The number of carbonyl (C=O) groups is 1. The molecule has 0 aliphatic carbocycles. The molecular weight excluding hydrogens is 441 g/mol. The summed E-state index contributed by atoms with van der Waals surface area (Å²) < 4.78 is 11.3. The molecule has 9 heteroatoms. The van der Waals surface area contributed by atoms with Crippen molar-refractivity contribution in [1.82, 2.24) is 15.6 Å². The van der Waals surface area contributed by atoms with Crippen molar-refractivity contribution in [2.24, 2.45) is 0 Å². The zero-order valence-corrected chi connectivity index (χ0v) is 18.5. The Bertz CT molecular complexity index is 987. The molecule has 0 saturated carbocycles. The van der Waals surface area contributed by atoms with Crippen LogP contribution in [0.4, 0.5) is 0 Å². The molecule has 1 saturated heterocycles. The van der Waals surface area contributed by atoms with Gasteiger partial charge in [-0.1, -0.05) is 23.2 Å². The van der Waals surface area contributed by atoms with Crippen LogP contribution < -0.4 is 20.1 Å². The molecule has 4 rings (SSSR count). The Labute approximate surface area is 190 Å². The van der Waals surface area contributed by atoms with Crippen molar-refractivity contribution >= 4 is 34.7 Å². The molecule has 1 fully saturated rings. The molecule has 3 N–H and O–H groups in total.